The highest BCUT2D eigenvalue weighted by Gasteiger charge is 2.18. The molecule has 6 nitrogen and oxygen atoms in total. The van der Waals surface area contributed by atoms with Gasteiger partial charge in [0, 0.05) is 0 Å². The molecule has 0 spiro atoms. The van der Waals surface area contributed by atoms with Gasteiger partial charge in [0.2, 0.25) is 11.6 Å². The fraction of sp³-hybridized carbons (Fsp3) is 0. The lowest BCUT2D eigenvalue weighted by Gasteiger charge is -2.10. The minimum absolute atomic E-state index is 0.665. The van der Waals surface area contributed by atoms with E-state index in [1.54, 1.807) is 0 Å². The molecule has 0 unspecified atom stereocenters. The molecule has 3 heterocycles. The number of hydrogen-bond acceptors (Lipinski definition) is 3. The monoisotopic (exact) mass is 626 g/mol. The summed E-state index contributed by atoms with van der Waals surface area (Å²) in [6, 6.07) is 56.8. The molecule has 10 rings (SSSR count). The van der Waals surface area contributed by atoms with Crippen LogP contribution in [0.15, 0.2) is 158 Å². The van der Waals surface area contributed by atoms with E-state index in [1.807, 2.05) is 36.4 Å². The van der Waals surface area contributed by atoms with Crippen molar-refractivity contribution in [2.45, 2.75) is 0 Å². The Bertz CT molecular complexity index is 2880. The summed E-state index contributed by atoms with van der Waals surface area (Å²) in [5.74, 6) is 1.58. The van der Waals surface area contributed by atoms with Gasteiger partial charge in [-0.2, -0.15) is 5.26 Å². The van der Waals surface area contributed by atoms with Crippen molar-refractivity contribution in [2.75, 3.05) is 0 Å². The van der Waals surface area contributed by atoms with Crippen molar-refractivity contribution in [1.82, 2.24) is 23.3 Å². The van der Waals surface area contributed by atoms with E-state index in [0.717, 1.165) is 72.6 Å². The Balaban J connectivity index is 1.15. The van der Waals surface area contributed by atoms with Crippen LogP contribution in [0, 0.1) is 11.3 Å². The molecule has 10 aromatic rings. The van der Waals surface area contributed by atoms with Gasteiger partial charge in [-0.3, -0.25) is 8.80 Å². The molecule has 0 radical (unpaired) electrons. The number of hydrogen-bond donors (Lipinski definition) is 0. The fourth-order valence-corrected chi connectivity index (χ4v) is 7.11. The summed E-state index contributed by atoms with van der Waals surface area (Å²) in [4.78, 5) is 10.4. The summed E-state index contributed by atoms with van der Waals surface area (Å²) < 4.78 is 6.67. The van der Waals surface area contributed by atoms with Gasteiger partial charge in [-0.25, -0.2) is 14.5 Å². The molecule has 0 fully saturated rings. The number of fused-ring (bicyclic) bond motifs is 10. The van der Waals surface area contributed by atoms with E-state index in [0.29, 0.717) is 5.56 Å². The molecule has 0 saturated heterocycles. The van der Waals surface area contributed by atoms with E-state index in [-0.39, 0.29) is 0 Å². The van der Waals surface area contributed by atoms with E-state index in [2.05, 4.69) is 141 Å². The summed E-state index contributed by atoms with van der Waals surface area (Å²) in [6.45, 7) is 0. The quantitative estimate of drug-likeness (QED) is 0.196. The van der Waals surface area contributed by atoms with Crippen LogP contribution in [0.1, 0.15) is 5.56 Å². The summed E-state index contributed by atoms with van der Waals surface area (Å²) in [6.07, 6.45) is 0. The van der Waals surface area contributed by atoms with Crippen LogP contribution in [0.25, 0.3) is 83.4 Å². The Kier molecular flexibility index (Phi) is 5.84. The topological polar surface area (TPSA) is 63.3 Å². The number of rotatable bonds is 3. The van der Waals surface area contributed by atoms with Crippen LogP contribution in [0.5, 0.6) is 0 Å². The number of imidazole rings is 2. The third-order valence-electron chi connectivity index (χ3n) is 9.50. The first kappa shape index (κ1) is 27.2. The predicted molar refractivity (Wildman–Crippen MR) is 198 cm³/mol. The fourth-order valence-electron chi connectivity index (χ4n) is 7.11. The molecule has 6 heteroatoms. The Labute approximate surface area is 280 Å². The van der Waals surface area contributed by atoms with Gasteiger partial charge in [-0.15, -0.1) is 0 Å². The van der Waals surface area contributed by atoms with E-state index in [1.165, 1.54) is 10.8 Å². The molecule has 0 N–H and O–H groups in total. The van der Waals surface area contributed by atoms with Crippen LogP contribution in [0.3, 0.4) is 0 Å². The second-order valence-electron chi connectivity index (χ2n) is 12.3. The summed E-state index contributed by atoms with van der Waals surface area (Å²) in [5, 5.41) is 11.5. The van der Waals surface area contributed by atoms with Gasteiger partial charge in [0.05, 0.1) is 50.4 Å². The molecule has 49 heavy (non-hydrogen) atoms. The maximum Gasteiger partial charge on any atom is 0.223 e. The van der Waals surface area contributed by atoms with Crippen LogP contribution >= 0.6 is 0 Å². The van der Waals surface area contributed by atoms with E-state index in [9.17, 15) is 0 Å². The van der Waals surface area contributed by atoms with Crippen molar-refractivity contribution < 1.29 is 0 Å². The van der Waals surface area contributed by atoms with Crippen LogP contribution in [-0.2, 0) is 0 Å². The Morgan fingerprint density at radius 1 is 0.429 bits per heavy atom. The standard InChI is InChI=1S/C43H26N6/c44-27-28-13-15-29(16-14-28)31-17-19-34-26-32(18-20-33(34)25-31)30-21-23-35(24-22-30)47-42-45-36-7-1-3-9-38(36)48(42)40-11-5-6-12-41(40)49-39-10-4-2-8-37(39)46-43(47)49/h1-26H. The van der Waals surface area contributed by atoms with Crippen molar-refractivity contribution >= 4 is 55.4 Å². The molecule has 3 aromatic heterocycles. The first-order valence-electron chi connectivity index (χ1n) is 16.2. The maximum absolute atomic E-state index is 9.16. The van der Waals surface area contributed by atoms with E-state index >= 15 is 0 Å². The Hall–Kier alpha value is -6.97. The van der Waals surface area contributed by atoms with Crippen LogP contribution in [-0.4, -0.2) is 23.3 Å². The molecule has 0 aliphatic rings. The number of nitriles is 1. The van der Waals surface area contributed by atoms with Gasteiger partial charge < -0.3 is 0 Å². The molecule has 0 bridgehead atoms. The predicted octanol–water partition coefficient (Wildman–Crippen LogP) is 10.2. The zero-order valence-corrected chi connectivity index (χ0v) is 26.2. The van der Waals surface area contributed by atoms with Gasteiger partial charge in [-0.1, -0.05) is 84.9 Å². The summed E-state index contributed by atoms with van der Waals surface area (Å²) in [5.41, 5.74) is 12.2. The number of aromatic nitrogens is 5. The van der Waals surface area contributed by atoms with Crippen LogP contribution in [0.2, 0.25) is 0 Å². The molecule has 228 valence electrons. The zero-order chi connectivity index (χ0) is 32.5. The van der Waals surface area contributed by atoms with Crippen molar-refractivity contribution in [3.8, 4) is 34.0 Å². The number of nitrogens with zero attached hydrogens (tertiary/aromatic N) is 6. The second-order valence-corrected chi connectivity index (χ2v) is 12.3. The Morgan fingerprint density at radius 3 is 1.35 bits per heavy atom. The van der Waals surface area contributed by atoms with Gasteiger partial charge in [0.15, 0.2) is 0 Å². The summed E-state index contributed by atoms with van der Waals surface area (Å²) >= 11 is 0. The lowest BCUT2D eigenvalue weighted by molar-refractivity contribution is 1.03. The Morgan fingerprint density at radius 2 is 0.857 bits per heavy atom. The van der Waals surface area contributed by atoms with Crippen molar-refractivity contribution in [3.05, 3.63) is 163 Å². The molecule has 0 saturated carbocycles. The SMILES string of the molecule is N#Cc1ccc(-c2ccc3cc(-c4ccc(-n5c6nc7ccccc7n6c6ccccc6n6c7ccccc7nc56)cc4)ccc3c2)cc1. The normalized spacial score (nSPS) is 11.7. The van der Waals surface area contributed by atoms with Crippen molar-refractivity contribution in [3.63, 3.8) is 0 Å². The third-order valence-corrected chi connectivity index (χ3v) is 9.50. The molecule has 7 aromatic carbocycles. The summed E-state index contributed by atoms with van der Waals surface area (Å²) in [7, 11) is 0. The average molecular weight is 627 g/mol. The smallest absolute Gasteiger partial charge is 0.223 e. The average Bonchev–Trinajstić information content (AvgIpc) is 3.70. The van der Waals surface area contributed by atoms with Gasteiger partial charge in [-0.05, 0) is 106 Å². The zero-order valence-electron chi connectivity index (χ0n) is 26.2. The lowest BCUT2D eigenvalue weighted by atomic mass is 9.97. The minimum atomic E-state index is 0.665. The highest BCUT2D eigenvalue weighted by Crippen LogP contribution is 2.32. The highest BCUT2D eigenvalue weighted by molar-refractivity contribution is 5.94. The number of para-hydroxylation sites is 6. The highest BCUT2D eigenvalue weighted by atomic mass is 15.3. The first-order chi connectivity index (χ1) is 24.2. The molecular weight excluding hydrogens is 601 g/mol. The van der Waals surface area contributed by atoms with Crippen molar-refractivity contribution in [1.29, 1.82) is 5.26 Å². The lowest BCUT2D eigenvalue weighted by Crippen LogP contribution is -2.02. The third kappa shape index (κ3) is 4.20. The van der Waals surface area contributed by atoms with Crippen molar-refractivity contribution in [2.24, 2.45) is 0 Å². The van der Waals surface area contributed by atoms with Gasteiger partial charge >= 0.3 is 0 Å². The minimum Gasteiger partial charge on any atom is -0.276 e. The van der Waals surface area contributed by atoms with Crippen LogP contribution in [0.4, 0.5) is 0 Å². The number of benzene rings is 7. The van der Waals surface area contributed by atoms with Gasteiger partial charge in [0.1, 0.15) is 0 Å². The molecule has 0 atom stereocenters. The van der Waals surface area contributed by atoms with Gasteiger partial charge in [0.25, 0.3) is 0 Å². The molecule has 0 amide bonds. The maximum atomic E-state index is 9.16. The van der Waals surface area contributed by atoms with E-state index < -0.39 is 0 Å². The second kappa shape index (κ2) is 10.5. The molecule has 0 aliphatic carbocycles. The molecular formula is C43H26N6. The van der Waals surface area contributed by atoms with Crippen LogP contribution < -0.4 is 0 Å². The largest absolute Gasteiger partial charge is 0.276 e. The molecule has 0 aliphatic heterocycles. The van der Waals surface area contributed by atoms with E-state index in [4.69, 9.17) is 15.2 Å². The first-order valence-corrected chi connectivity index (χ1v) is 16.2.